The second-order valence-corrected chi connectivity index (χ2v) is 3.97. The molecule has 3 N–H and O–H groups in total. The van der Waals surface area contributed by atoms with Gasteiger partial charge >= 0.3 is 0 Å². The lowest BCUT2D eigenvalue weighted by molar-refractivity contribution is 0.417. The molecular weight excluding hydrogens is 228 g/mol. The zero-order valence-electron chi connectivity index (χ0n) is 10.7. The standard InChI is InChI=1S/C13H18N4O/c1-3-17-7-6-15-13(17)16-9-10-4-5-12(18-2)11(14)8-10/h4-8H,3,9,14H2,1-2H3,(H,15,16). The highest BCUT2D eigenvalue weighted by Gasteiger charge is 2.03. The second-order valence-electron chi connectivity index (χ2n) is 3.97. The SMILES string of the molecule is CCn1ccnc1NCc1ccc(OC)c(N)c1. The summed E-state index contributed by atoms with van der Waals surface area (Å²) in [6.45, 7) is 3.66. The smallest absolute Gasteiger partial charge is 0.203 e. The molecule has 0 atom stereocenters. The Morgan fingerprint density at radius 3 is 2.94 bits per heavy atom. The highest BCUT2D eigenvalue weighted by molar-refractivity contribution is 5.54. The molecule has 0 unspecified atom stereocenters. The Morgan fingerprint density at radius 2 is 2.28 bits per heavy atom. The molecule has 2 aromatic rings. The minimum Gasteiger partial charge on any atom is -0.495 e. The molecule has 1 heterocycles. The number of ether oxygens (including phenoxy) is 1. The lowest BCUT2D eigenvalue weighted by atomic mass is 10.2. The summed E-state index contributed by atoms with van der Waals surface area (Å²) in [6.07, 6.45) is 3.74. The van der Waals surface area contributed by atoms with E-state index in [4.69, 9.17) is 10.5 Å². The van der Waals surface area contributed by atoms with Gasteiger partial charge in [0.2, 0.25) is 5.95 Å². The maximum absolute atomic E-state index is 5.86. The molecule has 1 aromatic carbocycles. The van der Waals surface area contributed by atoms with Crippen molar-refractivity contribution in [3.63, 3.8) is 0 Å². The number of hydrogen-bond donors (Lipinski definition) is 2. The van der Waals surface area contributed by atoms with E-state index in [0.29, 0.717) is 18.0 Å². The number of rotatable bonds is 5. The molecule has 5 heteroatoms. The first-order chi connectivity index (χ1) is 8.74. The molecule has 0 saturated carbocycles. The number of aryl methyl sites for hydroxylation is 1. The van der Waals surface area contributed by atoms with Crippen LogP contribution in [0, 0.1) is 0 Å². The zero-order chi connectivity index (χ0) is 13.0. The quantitative estimate of drug-likeness (QED) is 0.793. The van der Waals surface area contributed by atoms with Crippen molar-refractivity contribution >= 4 is 11.6 Å². The van der Waals surface area contributed by atoms with Crippen LogP contribution in [-0.4, -0.2) is 16.7 Å². The van der Waals surface area contributed by atoms with Crippen LogP contribution in [-0.2, 0) is 13.1 Å². The molecule has 0 bridgehead atoms. The highest BCUT2D eigenvalue weighted by atomic mass is 16.5. The van der Waals surface area contributed by atoms with Crippen LogP contribution in [0.25, 0.3) is 0 Å². The van der Waals surface area contributed by atoms with Gasteiger partial charge in [-0.25, -0.2) is 4.98 Å². The third-order valence-electron chi connectivity index (χ3n) is 2.80. The van der Waals surface area contributed by atoms with E-state index in [1.165, 1.54) is 0 Å². The summed E-state index contributed by atoms with van der Waals surface area (Å²) in [5.41, 5.74) is 7.61. The maximum Gasteiger partial charge on any atom is 0.203 e. The molecule has 0 fully saturated rings. The molecule has 0 aliphatic carbocycles. The largest absolute Gasteiger partial charge is 0.495 e. The van der Waals surface area contributed by atoms with Gasteiger partial charge in [-0.15, -0.1) is 0 Å². The van der Waals surface area contributed by atoms with E-state index in [2.05, 4.69) is 17.2 Å². The molecule has 0 radical (unpaired) electrons. The van der Waals surface area contributed by atoms with Gasteiger partial charge in [-0.1, -0.05) is 6.07 Å². The van der Waals surface area contributed by atoms with Gasteiger partial charge in [0.25, 0.3) is 0 Å². The molecule has 2 rings (SSSR count). The molecule has 18 heavy (non-hydrogen) atoms. The summed E-state index contributed by atoms with van der Waals surface area (Å²) in [7, 11) is 1.61. The van der Waals surface area contributed by atoms with Crippen molar-refractivity contribution in [3.8, 4) is 5.75 Å². The molecule has 96 valence electrons. The third-order valence-corrected chi connectivity index (χ3v) is 2.80. The highest BCUT2D eigenvalue weighted by Crippen LogP contribution is 2.22. The monoisotopic (exact) mass is 246 g/mol. The number of nitrogens with two attached hydrogens (primary N) is 1. The van der Waals surface area contributed by atoms with Crippen LogP contribution < -0.4 is 15.8 Å². The predicted octanol–water partition coefficient (Wildman–Crippen LogP) is 2.11. The van der Waals surface area contributed by atoms with Crippen LogP contribution in [0.3, 0.4) is 0 Å². The molecule has 0 aliphatic rings. The van der Waals surface area contributed by atoms with Gasteiger partial charge < -0.3 is 20.4 Å². The summed E-state index contributed by atoms with van der Waals surface area (Å²) in [4.78, 5) is 4.25. The number of nitrogens with one attached hydrogen (secondary N) is 1. The van der Waals surface area contributed by atoms with Gasteiger partial charge in [0.15, 0.2) is 0 Å². The lowest BCUT2D eigenvalue weighted by Crippen LogP contribution is -2.06. The first kappa shape index (κ1) is 12.3. The molecule has 0 spiro atoms. The number of hydrogen-bond acceptors (Lipinski definition) is 4. The van der Waals surface area contributed by atoms with Crippen molar-refractivity contribution < 1.29 is 4.74 Å². The van der Waals surface area contributed by atoms with E-state index in [9.17, 15) is 0 Å². The van der Waals surface area contributed by atoms with Crippen LogP contribution in [0.1, 0.15) is 12.5 Å². The minimum atomic E-state index is 0.649. The summed E-state index contributed by atoms with van der Waals surface area (Å²) in [5.74, 6) is 1.57. The fourth-order valence-electron chi connectivity index (χ4n) is 1.81. The van der Waals surface area contributed by atoms with Gasteiger partial charge in [0.1, 0.15) is 5.75 Å². The van der Waals surface area contributed by atoms with Crippen molar-refractivity contribution in [3.05, 3.63) is 36.2 Å². The van der Waals surface area contributed by atoms with Crippen molar-refractivity contribution in [2.45, 2.75) is 20.0 Å². The number of nitrogen functional groups attached to an aromatic ring is 1. The van der Waals surface area contributed by atoms with Crippen molar-refractivity contribution in [2.24, 2.45) is 0 Å². The molecular formula is C13H18N4O. The fraction of sp³-hybridized carbons (Fsp3) is 0.308. The van der Waals surface area contributed by atoms with Gasteiger partial charge in [-0.3, -0.25) is 0 Å². The Kier molecular flexibility index (Phi) is 3.72. The zero-order valence-corrected chi connectivity index (χ0v) is 10.7. The fourth-order valence-corrected chi connectivity index (χ4v) is 1.81. The number of aromatic nitrogens is 2. The van der Waals surface area contributed by atoms with Crippen LogP contribution in [0.15, 0.2) is 30.6 Å². The van der Waals surface area contributed by atoms with Gasteiger partial charge in [-0.2, -0.15) is 0 Å². The molecule has 1 aromatic heterocycles. The Labute approximate surface area is 107 Å². The first-order valence-electron chi connectivity index (χ1n) is 5.92. The third kappa shape index (κ3) is 2.56. The number of nitrogens with zero attached hydrogens (tertiary/aromatic N) is 2. The molecule has 5 nitrogen and oxygen atoms in total. The van der Waals surface area contributed by atoms with E-state index < -0.39 is 0 Å². The topological polar surface area (TPSA) is 65.1 Å². The maximum atomic E-state index is 5.86. The first-order valence-corrected chi connectivity index (χ1v) is 5.92. The van der Waals surface area contributed by atoms with E-state index >= 15 is 0 Å². The Hall–Kier alpha value is -2.17. The van der Waals surface area contributed by atoms with Crippen molar-refractivity contribution in [2.75, 3.05) is 18.2 Å². The normalized spacial score (nSPS) is 10.3. The van der Waals surface area contributed by atoms with Crippen LogP contribution in [0.2, 0.25) is 0 Å². The number of imidazole rings is 1. The summed E-state index contributed by atoms with van der Waals surface area (Å²) >= 11 is 0. The van der Waals surface area contributed by atoms with Crippen molar-refractivity contribution in [1.29, 1.82) is 0 Å². The Balaban J connectivity index is 2.04. The minimum absolute atomic E-state index is 0.649. The molecule has 0 saturated heterocycles. The van der Waals surface area contributed by atoms with Gasteiger partial charge in [-0.05, 0) is 24.6 Å². The van der Waals surface area contributed by atoms with E-state index in [-0.39, 0.29) is 0 Å². The van der Waals surface area contributed by atoms with Gasteiger partial charge in [0, 0.05) is 25.5 Å². The number of benzene rings is 1. The summed E-state index contributed by atoms with van der Waals surface area (Å²) in [5, 5.41) is 3.28. The lowest BCUT2D eigenvalue weighted by Gasteiger charge is -2.10. The number of methoxy groups -OCH3 is 1. The van der Waals surface area contributed by atoms with Crippen LogP contribution >= 0.6 is 0 Å². The van der Waals surface area contributed by atoms with Crippen molar-refractivity contribution in [1.82, 2.24) is 9.55 Å². The summed E-state index contributed by atoms with van der Waals surface area (Å²) < 4.78 is 7.17. The number of anilines is 2. The van der Waals surface area contributed by atoms with E-state index in [1.54, 1.807) is 13.3 Å². The van der Waals surface area contributed by atoms with Gasteiger partial charge in [0.05, 0.1) is 12.8 Å². The Morgan fingerprint density at radius 1 is 1.44 bits per heavy atom. The van der Waals surface area contributed by atoms with E-state index in [1.807, 2.05) is 29.0 Å². The molecule has 0 amide bonds. The average molecular weight is 246 g/mol. The summed E-state index contributed by atoms with van der Waals surface area (Å²) in [6, 6.07) is 5.77. The predicted molar refractivity (Wildman–Crippen MR) is 72.6 cm³/mol. The average Bonchev–Trinajstić information content (AvgIpc) is 2.84. The second kappa shape index (κ2) is 5.44. The van der Waals surface area contributed by atoms with Crippen LogP contribution in [0.5, 0.6) is 5.75 Å². The van der Waals surface area contributed by atoms with E-state index in [0.717, 1.165) is 18.1 Å². The van der Waals surface area contributed by atoms with Crippen LogP contribution in [0.4, 0.5) is 11.6 Å². The molecule has 0 aliphatic heterocycles. The Bertz CT molecular complexity index is 521.